The van der Waals surface area contributed by atoms with Crippen LogP contribution in [0, 0.1) is 10.1 Å². The van der Waals surface area contributed by atoms with Crippen molar-refractivity contribution in [3.8, 4) is 0 Å². The van der Waals surface area contributed by atoms with Crippen molar-refractivity contribution in [3.05, 3.63) is 40.7 Å². The number of rotatable bonds is 3. The maximum atomic E-state index is 12.4. The third-order valence-corrected chi connectivity index (χ3v) is 4.45. The zero-order chi connectivity index (χ0) is 15.9. The molecule has 0 bridgehead atoms. The van der Waals surface area contributed by atoms with E-state index in [1.54, 1.807) is 0 Å². The Morgan fingerprint density at radius 3 is 2.50 bits per heavy atom. The molecule has 22 heavy (non-hydrogen) atoms. The van der Waals surface area contributed by atoms with Crippen molar-refractivity contribution in [1.29, 1.82) is 0 Å². The second-order valence-corrected chi connectivity index (χ2v) is 6.09. The van der Waals surface area contributed by atoms with Crippen LogP contribution < -0.4 is 5.73 Å². The van der Waals surface area contributed by atoms with Gasteiger partial charge in [0.15, 0.2) is 11.5 Å². The molecule has 0 atom stereocenters. The van der Waals surface area contributed by atoms with Crippen LogP contribution >= 0.6 is 0 Å². The van der Waals surface area contributed by atoms with E-state index in [-0.39, 0.29) is 22.0 Å². The average molecular weight is 320 g/mol. The van der Waals surface area contributed by atoms with E-state index in [0.29, 0.717) is 5.52 Å². The molecule has 3 aromatic rings. The summed E-state index contributed by atoms with van der Waals surface area (Å²) in [6.07, 6.45) is 1.32. The van der Waals surface area contributed by atoms with Crippen molar-refractivity contribution in [2.45, 2.75) is 10.1 Å². The number of nitrogens with one attached hydrogen (secondary N) is 1. The number of H-pyrrole nitrogens is 1. The van der Waals surface area contributed by atoms with Crippen LogP contribution in [0.15, 0.2) is 40.6 Å². The van der Waals surface area contributed by atoms with Crippen LogP contribution in [0.4, 0.5) is 11.5 Å². The van der Waals surface area contributed by atoms with Crippen LogP contribution in [0.5, 0.6) is 0 Å². The lowest BCUT2D eigenvalue weighted by Gasteiger charge is -2.04. The van der Waals surface area contributed by atoms with Gasteiger partial charge in [0.25, 0.3) is 10.8 Å². The predicted molar refractivity (Wildman–Crippen MR) is 74.6 cm³/mol. The van der Waals surface area contributed by atoms with E-state index in [1.165, 1.54) is 6.33 Å². The van der Waals surface area contributed by atoms with Gasteiger partial charge in [0.05, 0.1) is 16.1 Å². The van der Waals surface area contributed by atoms with Crippen molar-refractivity contribution in [2.75, 3.05) is 5.73 Å². The van der Waals surface area contributed by atoms with Gasteiger partial charge in [0, 0.05) is 12.1 Å². The molecule has 0 amide bonds. The molecular weight excluding hydrogens is 312 g/mol. The first-order valence-electron chi connectivity index (χ1n) is 5.86. The molecular formula is C11H8N6O4S. The summed E-state index contributed by atoms with van der Waals surface area (Å²) in [6.45, 7) is 0. The van der Waals surface area contributed by atoms with E-state index in [1.807, 2.05) is 0 Å². The lowest BCUT2D eigenvalue weighted by molar-refractivity contribution is -0.384. The fourth-order valence-electron chi connectivity index (χ4n) is 1.81. The number of imidazole rings is 1. The van der Waals surface area contributed by atoms with Crippen LogP contribution in [0.2, 0.25) is 0 Å². The van der Waals surface area contributed by atoms with Crippen molar-refractivity contribution in [1.82, 2.24) is 19.9 Å². The Bertz CT molecular complexity index is 979. The molecule has 1 aromatic carbocycles. The van der Waals surface area contributed by atoms with Gasteiger partial charge in [-0.2, -0.15) is 9.97 Å². The Morgan fingerprint density at radius 1 is 1.18 bits per heavy atom. The molecule has 0 fully saturated rings. The largest absolute Gasteiger partial charge is 0.382 e. The van der Waals surface area contributed by atoms with Gasteiger partial charge in [-0.15, -0.1) is 0 Å². The van der Waals surface area contributed by atoms with E-state index in [4.69, 9.17) is 5.73 Å². The molecule has 3 N–H and O–H groups in total. The van der Waals surface area contributed by atoms with Gasteiger partial charge in [0.1, 0.15) is 5.52 Å². The van der Waals surface area contributed by atoms with Gasteiger partial charge in [-0.25, -0.2) is 13.4 Å². The number of nitrogen functional groups attached to an aromatic ring is 1. The third kappa shape index (κ3) is 2.13. The topological polar surface area (TPSA) is 158 Å². The Morgan fingerprint density at radius 2 is 1.86 bits per heavy atom. The molecule has 0 saturated carbocycles. The van der Waals surface area contributed by atoms with E-state index in [2.05, 4.69) is 19.9 Å². The molecule has 0 saturated heterocycles. The highest BCUT2D eigenvalue weighted by atomic mass is 32.2. The Hall–Kier alpha value is -3.08. The molecule has 0 radical (unpaired) electrons. The normalized spacial score (nSPS) is 11.6. The molecule has 112 valence electrons. The number of fused-ring (bicyclic) bond motifs is 1. The van der Waals surface area contributed by atoms with Crippen LogP contribution in [0.25, 0.3) is 11.2 Å². The zero-order valence-electron chi connectivity index (χ0n) is 10.8. The Kier molecular flexibility index (Phi) is 2.99. The first-order valence-corrected chi connectivity index (χ1v) is 7.34. The fraction of sp³-hybridized carbons (Fsp3) is 0. The Balaban J connectivity index is 2.13. The maximum absolute atomic E-state index is 12.4. The molecule has 10 nitrogen and oxygen atoms in total. The van der Waals surface area contributed by atoms with Crippen LogP contribution in [0.1, 0.15) is 0 Å². The summed E-state index contributed by atoms with van der Waals surface area (Å²) in [4.78, 5) is 23.9. The van der Waals surface area contributed by atoms with Gasteiger partial charge in [-0.1, -0.05) is 0 Å². The van der Waals surface area contributed by atoms with Gasteiger partial charge in [-0.05, 0) is 12.1 Å². The zero-order valence-corrected chi connectivity index (χ0v) is 11.6. The summed E-state index contributed by atoms with van der Waals surface area (Å²) < 4.78 is 24.9. The lowest BCUT2D eigenvalue weighted by Crippen LogP contribution is -2.09. The number of anilines is 1. The summed E-state index contributed by atoms with van der Waals surface area (Å²) in [6, 6.07) is 4.40. The Labute approximate surface area is 123 Å². The SMILES string of the molecule is Nc1nc(S(=O)(=O)c2ccc([N+](=O)[O-])cc2)nc2nc[nH]c12. The summed E-state index contributed by atoms with van der Waals surface area (Å²) in [5, 5.41) is 10.1. The molecule has 3 rings (SSSR count). The summed E-state index contributed by atoms with van der Waals surface area (Å²) >= 11 is 0. The number of hydrogen-bond acceptors (Lipinski definition) is 8. The fourth-order valence-corrected chi connectivity index (χ4v) is 2.94. The molecule has 0 aliphatic carbocycles. The molecule has 0 aliphatic heterocycles. The van der Waals surface area contributed by atoms with Gasteiger partial charge >= 0.3 is 0 Å². The van der Waals surface area contributed by atoms with Crippen LogP contribution in [0.3, 0.4) is 0 Å². The highest BCUT2D eigenvalue weighted by molar-refractivity contribution is 7.91. The van der Waals surface area contributed by atoms with Crippen molar-refractivity contribution >= 4 is 32.5 Å². The molecule has 0 aliphatic rings. The average Bonchev–Trinajstić information content (AvgIpc) is 2.96. The summed E-state index contributed by atoms with van der Waals surface area (Å²) in [5.41, 5.74) is 5.90. The smallest absolute Gasteiger partial charge is 0.269 e. The van der Waals surface area contributed by atoms with Crippen molar-refractivity contribution < 1.29 is 13.3 Å². The summed E-state index contributed by atoms with van der Waals surface area (Å²) in [7, 11) is -4.05. The first-order chi connectivity index (χ1) is 10.4. The van der Waals surface area contributed by atoms with E-state index < -0.39 is 19.9 Å². The number of hydrogen-bond donors (Lipinski definition) is 2. The highest BCUT2D eigenvalue weighted by Gasteiger charge is 2.24. The number of nitrogens with zero attached hydrogens (tertiary/aromatic N) is 4. The quantitative estimate of drug-likeness (QED) is 0.405. The molecule has 2 heterocycles. The number of aromatic amines is 1. The van der Waals surface area contributed by atoms with Crippen molar-refractivity contribution in [3.63, 3.8) is 0 Å². The van der Waals surface area contributed by atoms with Crippen LogP contribution in [-0.2, 0) is 9.84 Å². The second-order valence-electron chi connectivity index (χ2n) is 4.25. The van der Waals surface area contributed by atoms with Crippen LogP contribution in [-0.4, -0.2) is 33.3 Å². The van der Waals surface area contributed by atoms with Gasteiger partial charge < -0.3 is 10.7 Å². The minimum atomic E-state index is -4.05. The van der Waals surface area contributed by atoms with Gasteiger partial charge in [-0.3, -0.25) is 10.1 Å². The molecule has 2 aromatic heterocycles. The molecule has 0 spiro atoms. The monoisotopic (exact) mass is 320 g/mol. The minimum absolute atomic E-state index is 0.0528. The summed E-state index contributed by atoms with van der Waals surface area (Å²) in [5.74, 6) is -0.0528. The number of non-ortho nitro benzene ring substituents is 1. The number of aromatic nitrogens is 4. The third-order valence-electron chi connectivity index (χ3n) is 2.89. The minimum Gasteiger partial charge on any atom is -0.382 e. The van der Waals surface area contributed by atoms with Crippen molar-refractivity contribution in [2.24, 2.45) is 0 Å². The number of nitro groups is 1. The van der Waals surface area contributed by atoms with Gasteiger partial charge in [0.2, 0.25) is 9.84 Å². The highest BCUT2D eigenvalue weighted by Crippen LogP contribution is 2.23. The molecule has 11 heteroatoms. The number of nitro benzene ring substituents is 1. The second kappa shape index (κ2) is 4.73. The first kappa shape index (κ1) is 13.9. The number of benzene rings is 1. The van der Waals surface area contributed by atoms with E-state index in [0.717, 1.165) is 24.3 Å². The lowest BCUT2D eigenvalue weighted by atomic mass is 10.3. The maximum Gasteiger partial charge on any atom is 0.269 e. The van der Waals surface area contributed by atoms with E-state index >= 15 is 0 Å². The standard InChI is InChI=1S/C11H8N6O4S/c12-9-8-10(14-5-13-8)16-11(15-9)22(20,21)7-3-1-6(2-4-7)17(18)19/h1-5H,(H3,12,13,14,15,16). The van der Waals surface area contributed by atoms with E-state index in [9.17, 15) is 18.5 Å². The number of sulfone groups is 1. The molecule has 0 unspecified atom stereocenters. The predicted octanol–water partition coefficient (Wildman–Crippen LogP) is 0.676. The number of nitrogens with two attached hydrogens (primary N) is 1.